The minimum Gasteiger partial charge on any atom is -0.439 e. The molecule has 94 valence electrons. The third kappa shape index (κ3) is 3.01. The monoisotopic (exact) mass is 306 g/mol. The SMILES string of the molecule is Cc1nc(Oc2cccc(N(C)C)c2)ccc1Br. The Morgan fingerprint density at radius 3 is 2.61 bits per heavy atom. The number of benzene rings is 1. The Morgan fingerprint density at radius 1 is 1.17 bits per heavy atom. The molecule has 0 unspecified atom stereocenters. The van der Waals surface area contributed by atoms with E-state index in [4.69, 9.17) is 4.74 Å². The summed E-state index contributed by atoms with van der Waals surface area (Å²) in [5, 5.41) is 0. The van der Waals surface area contributed by atoms with Gasteiger partial charge in [-0.15, -0.1) is 0 Å². The number of hydrogen-bond acceptors (Lipinski definition) is 3. The summed E-state index contributed by atoms with van der Waals surface area (Å²) in [5.74, 6) is 1.39. The predicted molar refractivity (Wildman–Crippen MR) is 77.5 cm³/mol. The first-order valence-electron chi connectivity index (χ1n) is 5.64. The number of ether oxygens (including phenoxy) is 1. The fourth-order valence-electron chi connectivity index (χ4n) is 1.52. The number of halogens is 1. The molecule has 18 heavy (non-hydrogen) atoms. The Balaban J connectivity index is 2.23. The molecule has 0 saturated heterocycles. The van der Waals surface area contributed by atoms with Crippen LogP contribution in [-0.2, 0) is 0 Å². The normalized spacial score (nSPS) is 10.2. The second kappa shape index (κ2) is 5.40. The van der Waals surface area contributed by atoms with Crippen LogP contribution in [0.4, 0.5) is 5.69 Å². The van der Waals surface area contributed by atoms with Gasteiger partial charge in [0.2, 0.25) is 5.88 Å². The molecule has 1 aromatic heterocycles. The van der Waals surface area contributed by atoms with Gasteiger partial charge in [-0.3, -0.25) is 0 Å². The number of aryl methyl sites for hydroxylation is 1. The van der Waals surface area contributed by atoms with Crippen LogP contribution in [0.15, 0.2) is 40.9 Å². The molecule has 0 aliphatic rings. The smallest absolute Gasteiger partial charge is 0.219 e. The first kappa shape index (κ1) is 12.9. The summed E-state index contributed by atoms with van der Waals surface area (Å²) in [6.07, 6.45) is 0. The average molecular weight is 307 g/mol. The molecule has 0 radical (unpaired) electrons. The Kier molecular flexibility index (Phi) is 3.87. The number of rotatable bonds is 3. The summed E-state index contributed by atoms with van der Waals surface area (Å²) >= 11 is 3.42. The molecule has 3 nitrogen and oxygen atoms in total. The van der Waals surface area contributed by atoms with E-state index in [2.05, 4.69) is 20.9 Å². The molecule has 0 N–H and O–H groups in total. The third-order valence-electron chi connectivity index (χ3n) is 2.55. The van der Waals surface area contributed by atoms with Crippen molar-refractivity contribution in [1.82, 2.24) is 4.98 Å². The summed E-state index contributed by atoms with van der Waals surface area (Å²) in [6, 6.07) is 11.7. The summed E-state index contributed by atoms with van der Waals surface area (Å²) in [5.41, 5.74) is 2.01. The number of aromatic nitrogens is 1. The zero-order chi connectivity index (χ0) is 13.1. The molecule has 0 spiro atoms. The number of anilines is 1. The van der Waals surface area contributed by atoms with Gasteiger partial charge in [-0.2, -0.15) is 0 Å². The van der Waals surface area contributed by atoms with Gasteiger partial charge in [0, 0.05) is 36.4 Å². The van der Waals surface area contributed by atoms with Crippen LogP contribution in [0, 0.1) is 6.92 Å². The van der Waals surface area contributed by atoms with E-state index in [-0.39, 0.29) is 0 Å². The van der Waals surface area contributed by atoms with Crippen molar-refractivity contribution in [1.29, 1.82) is 0 Å². The molecule has 4 heteroatoms. The fraction of sp³-hybridized carbons (Fsp3) is 0.214. The highest BCUT2D eigenvalue weighted by Crippen LogP contribution is 2.25. The number of hydrogen-bond donors (Lipinski definition) is 0. The van der Waals surface area contributed by atoms with Crippen molar-refractivity contribution < 1.29 is 4.74 Å². The Labute approximate surface area is 116 Å². The Bertz CT molecular complexity index is 555. The van der Waals surface area contributed by atoms with Crippen molar-refractivity contribution in [2.45, 2.75) is 6.92 Å². The minimum absolute atomic E-state index is 0.603. The second-order valence-electron chi connectivity index (χ2n) is 4.21. The van der Waals surface area contributed by atoms with Gasteiger partial charge < -0.3 is 9.64 Å². The van der Waals surface area contributed by atoms with E-state index in [1.807, 2.05) is 62.3 Å². The maximum absolute atomic E-state index is 5.75. The van der Waals surface area contributed by atoms with E-state index in [0.717, 1.165) is 21.6 Å². The van der Waals surface area contributed by atoms with Crippen LogP contribution < -0.4 is 9.64 Å². The highest BCUT2D eigenvalue weighted by Gasteiger charge is 2.03. The molecule has 0 bridgehead atoms. The largest absolute Gasteiger partial charge is 0.439 e. The quantitative estimate of drug-likeness (QED) is 0.856. The number of nitrogens with zero attached hydrogens (tertiary/aromatic N) is 2. The molecule has 0 amide bonds. The van der Waals surface area contributed by atoms with E-state index in [0.29, 0.717) is 5.88 Å². The lowest BCUT2D eigenvalue weighted by atomic mass is 10.3. The van der Waals surface area contributed by atoms with Crippen LogP contribution in [0.1, 0.15) is 5.69 Å². The maximum atomic E-state index is 5.75. The molecule has 2 aromatic rings. The van der Waals surface area contributed by atoms with Crippen molar-refractivity contribution in [3.63, 3.8) is 0 Å². The van der Waals surface area contributed by atoms with Crippen molar-refractivity contribution in [2.24, 2.45) is 0 Å². The van der Waals surface area contributed by atoms with Gasteiger partial charge in [0.15, 0.2) is 0 Å². The zero-order valence-electron chi connectivity index (χ0n) is 10.6. The summed E-state index contributed by atoms with van der Waals surface area (Å²) < 4.78 is 6.73. The van der Waals surface area contributed by atoms with Crippen LogP contribution in [-0.4, -0.2) is 19.1 Å². The van der Waals surface area contributed by atoms with Gasteiger partial charge in [0.25, 0.3) is 0 Å². The highest BCUT2D eigenvalue weighted by atomic mass is 79.9. The molecular weight excluding hydrogens is 292 g/mol. The lowest BCUT2D eigenvalue weighted by Crippen LogP contribution is -2.08. The molecule has 2 rings (SSSR count). The Morgan fingerprint density at radius 2 is 1.94 bits per heavy atom. The number of pyridine rings is 1. The lowest BCUT2D eigenvalue weighted by molar-refractivity contribution is 0.461. The van der Waals surface area contributed by atoms with Crippen LogP contribution >= 0.6 is 15.9 Å². The van der Waals surface area contributed by atoms with Gasteiger partial charge in [-0.25, -0.2) is 4.98 Å². The van der Waals surface area contributed by atoms with Gasteiger partial charge in [-0.1, -0.05) is 6.07 Å². The average Bonchev–Trinajstić information content (AvgIpc) is 2.34. The molecule has 1 aromatic carbocycles. The lowest BCUT2D eigenvalue weighted by Gasteiger charge is -2.13. The predicted octanol–water partition coefficient (Wildman–Crippen LogP) is 4.01. The summed E-state index contributed by atoms with van der Waals surface area (Å²) in [4.78, 5) is 6.39. The van der Waals surface area contributed by atoms with Crippen molar-refractivity contribution in [3.05, 3.63) is 46.6 Å². The molecule has 0 aliphatic carbocycles. The molecule has 0 atom stereocenters. The topological polar surface area (TPSA) is 25.4 Å². The van der Waals surface area contributed by atoms with E-state index in [1.165, 1.54) is 0 Å². The van der Waals surface area contributed by atoms with Gasteiger partial charge in [0.05, 0.1) is 5.69 Å². The second-order valence-corrected chi connectivity index (χ2v) is 5.06. The first-order valence-corrected chi connectivity index (χ1v) is 6.44. The van der Waals surface area contributed by atoms with E-state index in [9.17, 15) is 0 Å². The van der Waals surface area contributed by atoms with Gasteiger partial charge in [0.1, 0.15) is 5.75 Å². The first-order chi connectivity index (χ1) is 8.56. The highest BCUT2D eigenvalue weighted by molar-refractivity contribution is 9.10. The fourth-order valence-corrected chi connectivity index (χ4v) is 1.74. The molecular formula is C14H15BrN2O. The minimum atomic E-state index is 0.603. The molecule has 1 heterocycles. The third-order valence-corrected chi connectivity index (χ3v) is 3.39. The standard InChI is InChI=1S/C14H15BrN2O/c1-10-13(15)7-8-14(16-10)18-12-6-4-5-11(9-12)17(2)3/h4-9H,1-3H3. The summed E-state index contributed by atoms with van der Waals surface area (Å²) in [7, 11) is 4.00. The van der Waals surface area contributed by atoms with Crippen LogP contribution in [0.2, 0.25) is 0 Å². The van der Waals surface area contributed by atoms with Crippen molar-refractivity contribution in [3.8, 4) is 11.6 Å². The molecule has 0 fully saturated rings. The Hall–Kier alpha value is -1.55. The van der Waals surface area contributed by atoms with Crippen LogP contribution in [0.25, 0.3) is 0 Å². The van der Waals surface area contributed by atoms with E-state index >= 15 is 0 Å². The maximum Gasteiger partial charge on any atom is 0.219 e. The van der Waals surface area contributed by atoms with Crippen molar-refractivity contribution in [2.75, 3.05) is 19.0 Å². The van der Waals surface area contributed by atoms with E-state index < -0.39 is 0 Å². The zero-order valence-corrected chi connectivity index (χ0v) is 12.2. The van der Waals surface area contributed by atoms with Crippen LogP contribution in [0.5, 0.6) is 11.6 Å². The van der Waals surface area contributed by atoms with Crippen LogP contribution in [0.3, 0.4) is 0 Å². The van der Waals surface area contributed by atoms with Gasteiger partial charge >= 0.3 is 0 Å². The van der Waals surface area contributed by atoms with Crippen molar-refractivity contribution >= 4 is 21.6 Å². The van der Waals surface area contributed by atoms with E-state index in [1.54, 1.807) is 0 Å². The summed E-state index contributed by atoms with van der Waals surface area (Å²) in [6.45, 7) is 1.94. The molecule has 0 saturated carbocycles. The van der Waals surface area contributed by atoms with Gasteiger partial charge in [-0.05, 0) is 41.1 Å². The molecule has 0 aliphatic heterocycles.